The van der Waals surface area contributed by atoms with Crippen molar-refractivity contribution in [3.63, 3.8) is 0 Å². The van der Waals surface area contributed by atoms with Gasteiger partial charge in [0, 0.05) is 89.4 Å². The molecule has 2 N–H and O–H groups in total. The maximum atomic E-state index is 6.01. The lowest BCUT2D eigenvalue weighted by Gasteiger charge is -2.16. The van der Waals surface area contributed by atoms with Gasteiger partial charge in [-0.05, 0) is 80.8 Å². The van der Waals surface area contributed by atoms with E-state index in [1.165, 1.54) is 47.9 Å². The fraction of sp³-hybridized carbons (Fsp3) is 0.625. The summed E-state index contributed by atoms with van der Waals surface area (Å²) in [6.45, 7) is 5.99. The van der Waals surface area contributed by atoms with Crippen molar-refractivity contribution in [3.8, 4) is 23.0 Å². The number of hydrogen-bond acceptors (Lipinski definition) is 8. The molecule has 4 aliphatic rings. The second-order valence-corrected chi connectivity index (χ2v) is 12.8. The van der Waals surface area contributed by atoms with Crippen molar-refractivity contribution in [2.75, 3.05) is 53.9 Å². The van der Waals surface area contributed by atoms with Gasteiger partial charge in [0.2, 0.25) is 0 Å². The summed E-state index contributed by atoms with van der Waals surface area (Å²) in [6.07, 6.45) is 8.80. The average molecular weight is 713 g/mol. The Balaban J connectivity index is 0.000000168. The SMILES string of the molecule is COCCCOc1c(Br)c(CNC2CC2)cc2c1CCO2.COCCCOc1cc(CNC2CC2)c(Br)c2c1CCO2. The fourth-order valence-corrected chi connectivity index (χ4v) is 6.27. The molecule has 10 heteroatoms. The van der Waals surface area contributed by atoms with Gasteiger partial charge < -0.3 is 39.1 Å². The van der Waals surface area contributed by atoms with Crippen LogP contribution < -0.4 is 29.6 Å². The number of ether oxygens (including phenoxy) is 6. The maximum absolute atomic E-state index is 6.01. The first-order chi connectivity index (χ1) is 20.6. The highest BCUT2D eigenvalue weighted by Crippen LogP contribution is 2.43. The third-order valence-corrected chi connectivity index (χ3v) is 9.47. The molecule has 0 saturated heterocycles. The lowest BCUT2D eigenvalue weighted by atomic mass is 10.1. The van der Waals surface area contributed by atoms with E-state index < -0.39 is 0 Å². The van der Waals surface area contributed by atoms with Crippen LogP contribution in [0.5, 0.6) is 23.0 Å². The Kier molecular flexibility index (Phi) is 12.1. The van der Waals surface area contributed by atoms with E-state index in [4.69, 9.17) is 28.4 Å². The number of hydrogen-bond donors (Lipinski definition) is 2. The van der Waals surface area contributed by atoms with Crippen molar-refractivity contribution >= 4 is 31.9 Å². The first kappa shape index (κ1) is 31.9. The van der Waals surface area contributed by atoms with Crippen LogP contribution in [0, 0.1) is 0 Å². The highest BCUT2D eigenvalue weighted by Gasteiger charge is 2.27. The Morgan fingerprint density at radius 3 is 1.98 bits per heavy atom. The molecule has 2 fully saturated rings. The average Bonchev–Trinajstić information content (AvgIpc) is 3.91. The zero-order valence-corrected chi connectivity index (χ0v) is 28.0. The molecule has 232 valence electrons. The summed E-state index contributed by atoms with van der Waals surface area (Å²) < 4.78 is 35.8. The van der Waals surface area contributed by atoms with Gasteiger partial charge in [0.15, 0.2) is 0 Å². The van der Waals surface area contributed by atoms with Crippen LogP contribution in [0.1, 0.15) is 60.8 Å². The Morgan fingerprint density at radius 2 is 1.33 bits per heavy atom. The molecule has 0 bridgehead atoms. The topological polar surface area (TPSA) is 79.4 Å². The molecule has 0 unspecified atom stereocenters. The summed E-state index contributed by atoms with van der Waals surface area (Å²) in [6, 6.07) is 5.68. The molecule has 0 aromatic heterocycles. The number of nitrogens with one attached hydrogen (secondary N) is 2. The minimum atomic E-state index is 0.665. The molecular formula is C32H44Br2N2O6. The van der Waals surface area contributed by atoms with Crippen LogP contribution in [0.4, 0.5) is 0 Å². The van der Waals surface area contributed by atoms with Crippen molar-refractivity contribution in [2.45, 2.75) is 76.5 Å². The van der Waals surface area contributed by atoms with E-state index in [0.717, 1.165) is 97.1 Å². The number of benzene rings is 2. The van der Waals surface area contributed by atoms with Crippen LogP contribution in [0.2, 0.25) is 0 Å². The van der Waals surface area contributed by atoms with Gasteiger partial charge in [0.05, 0.1) is 35.4 Å². The van der Waals surface area contributed by atoms with Crippen molar-refractivity contribution in [3.05, 3.63) is 43.3 Å². The lowest BCUT2D eigenvalue weighted by molar-refractivity contribution is 0.171. The van der Waals surface area contributed by atoms with Gasteiger partial charge in [0.25, 0.3) is 0 Å². The second-order valence-electron chi connectivity index (χ2n) is 11.2. The van der Waals surface area contributed by atoms with Crippen molar-refractivity contribution in [2.24, 2.45) is 0 Å². The van der Waals surface area contributed by atoms with Gasteiger partial charge in [-0.1, -0.05) is 0 Å². The molecule has 2 saturated carbocycles. The van der Waals surface area contributed by atoms with Gasteiger partial charge in [-0.2, -0.15) is 0 Å². The van der Waals surface area contributed by atoms with Gasteiger partial charge in [-0.25, -0.2) is 0 Å². The molecule has 0 radical (unpaired) electrons. The van der Waals surface area contributed by atoms with E-state index in [-0.39, 0.29) is 0 Å². The van der Waals surface area contributed by atoms with Crippen LogP contribution in [-0.4, -0.2) is 65.9 Å². The van der Waals surface area contributed by atoms with Crippen molar-refractivity contribution in [1.29, 1.82) is 0 Å². The molecule has 2 aromatic carbocycles. The maximum Gasteiger partial charge on any atom is 0.140 e. The molecule has 2 aliphatic heterocycles. The summed E-state index contributed by atoms with van der Waals surface area (Å²) in [7, 11) is 3.43. The van der Waals surface area contributed by atoms with Crippen molar-refractivity contribution in [1.82, 2.24) is 10.6 Å². The van der Waals surface area contributed by atoms with E-state index >= 15 is 0 Å². The third-order valence-electron chi connectivity index (χ3n) is 7.73. The van der Waals surface area contributed by atoms with E-state index in [9.17, 15) is 0 Å². The monoisotopic (exact) mass is 710 g/mol. The zero-order valence-electron chi connectivity index (χ0n) is 24.8. The summed E-state index contributed by atoms with van der Waals surface area (Å²) in [5.74, 6) is 3.86. The van der Waals surface area contributed by atoms with Crippen LogP contribution in [0.25, 0.3) is 0 Å². The molecule has 2 aliphatic carbocycles. The van der Waals surface area contributed by atoms with E-state index in [1.807, 2.05) is 0 Å². The Bertz CT molecular complexity index is 1170. The van der Waals surface area contributed by atoms with Crippen LogP contribution in [0.3, 0.4) is 0 Å². The molecule has 42 heavy (non-hydrogen) atoms. The molecule has 2 heterocycles. The Morgan fingerprint density at radius 1 is 0.738 bits per heavy atom. The van der Waals surface area contributed by atoms with Crippen molar-refractivity contribution < 1.29 is 28.4 Å². The molecule has 8 nitrogen and oxygen atoms in total. The Labute approximate surface area is 266 Å². The summed E-state index contributed by atoms with van der Waals surface area (Å²) >= 11 is 7.41. The minimum Gasteiger partial charge on any atom is -0.493 e. The summed E-state index contributed by atoms with van der Waals surface area (Å²) in [5, 5.41) is 7.09. The molecule has 6 rings (SSSR count). The number of methoxy groups -OCH3 is 2. The summed E-state index contributed by atoms with van der Waals surface area (Å²) in [5.41, 5.74) is 4.80. The highest BCUT2D eigenvalue weighted by atomic mass is 79.9. The predicted molar refractivity (Wildman–Crippen MR) is 170 cm³/mol. The first-order valence-electron chi connectivity index (χ1n) is 15.2. The molecule has 0 amide bonds. The largest absolute Gasteiger partial charge is 0.493 e. The van der Waals surface area contributed by atoms with E-state index in [2.05, 4.69) is 54.6 Å². The van der Waals surface area contributed by atoms with Crippen LogP contribution >= 0.6 is 31.9 Å². The van der Waals surface area contributed by atoms with Crippen LogP contribution in [-0.2, 0) is 35.4 Å². The van der Waals surface area contributed by atoms with Gasteiger partial charge in [-0.15, -0.1) is 0 Å². The zero-order chi connectivity index (χ0) is 29.3. The van der Waals surface area contributed by atoms with E-state index in [1.54, 1.807) is 14.2 Å². The van der Waals surface area contributed by atoms with Gasteiger partial charge in [0.1, 0.15) is 23.0 Å². The Hall–Kier alpha value is -1.56. The smallest absolute Gasteiger partial charge is 0.140 e. The minimum absolute atomic E-state index is 0.665. The number of halogens is 2. The molecule has 2 aromatic rings. The number of rotatable bonds is 16. The van der Waals surface area contributed by atoms with Gasteiger partial charge in [-0.3, -0.25) is 0 Å². The van der Waals surface area contributed by atoms with Crippen LogP contribution in [0.15, 0.2) is 21.1 Å². The quantitative estimate of drug-likeness (QED) is 0.202. The van der Waals surface area contributed by atoms with Gasteiger partial charge >= 0.3 is 0 Å². The lowest BCUT2D eigenvalue weighted by Crippen LogP contribution is -2.16. The molecular weight excluding hydrogens is 668 g/mol. The standard InChI is InChI=1S/2C16H22BrNO3/c1-19-6-2-7-21-16-13-5-8-20-14(13)9-11(15(16)17)10-18-12-3-4-12;1-19-6-2-7-20-14-9-11(10-18-12-3-4-12)15(17)16-13(14)5-8-21-16/h2*9,12,18H,2-8,10H2,1H3. The second kappa shape index (κ2) is 16.0. The molecule has 0 spiro atoms. The predicted octanol–water partition coefficient (Wildman–Crippen LogP) is 6.10. The third kappa shape index (κ3) is 8.76. The fourth-order valence-electron chi connectivity index (χ4n) is 5.05. The highest BCUT2D eigenvalue weighted by molar-refractivity contribution is 9.11. The first-order valence-corrected chi connectivity index (χ1v) is 16.8. The summed E-state index contributed by atoms with van der Waals surface area (Å²) in [4.78, 5) is 0. The van der Waals surface area contributed by atoms with E-state index in [0.29, 0.717) is 25.3 Å². The number of fused-ring (bicyclic) bond motifs is 2. The molecule has 0 atom stereocenters. The normalized spacial score (nSPS) is 16.7.